The van der Waals surface area contributed by atoms with Crippen molar-refractivity contribution in [2.45, 2.75) is 47.7 Å². The lowest BCUT2D eigenvalue weighted by molar-refractivity contribution is 0.450. The van der Waals surface area contributed by atoms with E-state index in [4.69, 9.17) is 18.8 Å². The average molecular weight is 682 g/mol. The molecule has 0 unspecified atom stereocenters. The summed E-state index contributed by atoms with van der Waals surface area (Å²) in [5, 5.41) is 1.94. The van der Waals surface area contributed by atoms with Crippen molar-refractivity contribution in [3.05, 3.63) is 120 Å². The highest BCUT2D eigenvalue weighted by Gasteiger charge is 2.48. The van der Waals surface area contributed by atoms with Gasteiger partial charge < -0.3 is 18.6 Å². The first-order valence-corrected chi connectivity index (χ1v) is 18.5. The first-order valence-electron chi connectivity index (χ1n) is 16.9. The van der Waals surface area contributed by atoms with Crippen molar-refractivity contribution >= 4 is 104 Å². The van der Waals surface area contributed by atoms with E-state index in [2.05, 4.69) is 110 Å². The van der Waals surface area contributed by atoms with Crippen LogP contribution in [0.15, 0.2) is 126 Å². The summed E-state index contributed by atoms with van der Waals surface area (Å²) < 4.78 is 12.9. The van der Waals surface area contributed by atoms with Gasteiger partial charge in [0.1, 0.15) is 11.5 Å². The largest absolute Gasteiger partial charge is 0.455 e. The molecule has 3 aromatic carbocycles. The van der Waals surface area contributed by atoms with Gasteiger partial charge in [-0.25, -0.2) is 0 Å². The molecule has 0 aliphatic carbocycles. The molecule has 0 amide bonds. The van der Waals surface area contributed by atoms with Crippen molar-refractivity contribution in [1.29, 1.82) is 0 Å². The van der Waals surface area contributed by atoms with E-state index in [9.17, 15) is 0 Å². The SMILES string of the molecule is Cc1oc2c(c1C)B1c3cc4c(cc3N(c3ccccc3)c3cncc(c31)S2)N(c1ccccc1)c1cncc2c1B4c1c(oc(C)c1C)S2. The number of para-hydroxylation sites is 2. The Bertz CT molecular complexity index is 2410. The topological polar surface area (TPSA) is 58.5 Å². The fourth-order valence-corrected chi connectivity index (χ4v) is 11.0. The lowest BCUT2D eigenvalue weighted by Gasteiger charge is -2.43. The van der Waals surface area contributed by atoms with E-state index < -0.39 is 0 Å². The van der Waals surface area contributed by atoms with Crippen molar-refractivity contribution in [2.24, 2.45) is 0 Å². The van der Waals surface area contributed by atoms with Crippen LogP contribution in [-0.4, -0.2) is 23.4 Å². The molecule has 0 saturated carbocycles. The first kappa shape index (κ1) is 28.8. The predicted octanol–water partition coefficient (Wildman–Crippen LogP) is 6.42. The number of anilines is 6. The maximum Gasteiger partial charge on any atom is 0.254 e. The Hall–Kier alpha value is -5.05. The second kappa shape index (κ2) is 10.2. The molecule has 4 aromatic heterocycles. The third kappa shape index (κ3) is 3.70. The summed E-state index contributed by atoms with van der Waals surface area (Å²) in [4.78, 5) is 16.7. The van der Waals surface area contributed by atoms with Gasteiger partial charge >= 0.3 is 0 Å². The van der Waals surface area contributed by atoms with Gasteiger partial charge in [0.25, 0.3) is 13.4 Å². The molecular weight excluding hydrogens is 654 g/mol. The van der Waals surface area contributed by atoms with E-state index in [1.807, 2.05) is 24.8 Å². The van der Waals surface area contributed by atoms with Crippen LogP contribution in [0.3, 0.4) is 0 Å². The Labute approximate surface area is 299 Å². The number of nitrogens with zero attached hydrogens (tertiary/aromatic N) is 4. The maximum absolute atomic E-state index is 6.47. The van der Waals surface area contributed by atoms with Crippen LogP contribution in [0.1, 0.15) is 22.6 Å². The number of benzene rings is 3. The van der Waals surface area contributed by atoms with Crippen LogP contribution in [0.25, 0.3) is 0 Å². The molecule has 0 saturated heterocycles. The summed E-state index contributed by atoms with van der Waals surface area (Å²) in [7, 11) is 0. The molecule has 8 heterocycles. The molecule has 238 valence electrons. The number of aryl methyl sites for hydroxylation is 2. The van der Waals surface area contributed by atoms with Crippen molar-refractivity contribution in [2.75, 3.05) is 9.80 Å². The molecule has 0 spiro atoms. The molecule has 0 radical (unpaired) electrons. The van der Waals surface area contributed by atoms with Gasteiger partial charge in [0.2, 0.25) is 0 Å². The van der Waals surface area contributed by atoms with E-state index in [0.717, 1.165) is 65.6 Å². The van der Waals surface area contributed by atoms with E-state index in [1.54, 1.807) is 23.5 Å². The molecule has 11 rings (SSSR count). The minimum absolute atomic E-state index is 0.00920. The Kier molecular flexibility index (Phi) is 5.89. The molecule has 0 fully saturated rings. The molecule has 10 heteroatoms. The molecule has 0 atom stereocenters. The van der Waals surface area contributed by atoms with Gasteiger partial charge in [-0.05, 0) is 102 Å². The Balaban J connectivity index is 1.28. The van der Waals surface area contributed by atoms with Gasteiger partial charge in [0.15, 0.2) is 10.2 Å². The van der Waals surface area contributed by atoms with E-state index in [-0.39, 0.29) is 13.4 Å². The zero-order chi connectivity index (χ0) is 33.4. The predicted molar refractivity (Wildman–Crippen MR) is 205 cm³/mol. The molecular formula is C40H28B2N4O2S2. The van der Waals surface area contributed by atoms with Crippen LogP contribution < -0.4 is 42.6 Å². The van der Waals surface area contributed by atoms with Crippen molar-refractivity contribution in [1.82, 2.24) is 9.97 Å². The average Bonchev–Trinajstić information content (AvgIpc) is 3.59. The summed E-state index contributed by atoms with van der Waals surface area (Å²) in [6.45, 7) is 8.57. The molecule has 4 aliphatic heterocycles. The second-order valence-corrected chi connectivity index (χ2v) is 15.5. The fraction of sp³-hybridized carbons (Fsp3) is 0.100. The van der Waals surface area contributed by atoms with E-state index >= 15 is 0 Å². The third-order valence-electron chi connectivity index (χ3n) is 11.0. The number of hydrogen-bond donors (Lipinski definition) is 0. The van der Waals surface area contributed by atoms with Crippen LogP contribution in [-0.2, 0) is 0 Å². The third-order valence-corrected chi connectivity index (χ3v) is 13.1. The summed E-state index contributed by atoms with van der Waals surface area (Å²) in [5.41, 5.74) is 16.7. The van der Waals surface area contributed by atoms with Crippen molar-refractivity contribution in [3.8, 4) is 0 Å². The number of fused-ring (bicyclic) bond motifs is 8. The number of furan rings is 2. The highest BCUT2D eigenvalue weighted by molar-refractivity contribution is 8.00. The minimum atomic E-state index is -0.00920. The second-order valence-electron chi connectivity index (χ2n) is 13.5. The molecule has 6 nitrogen and oxygen atoms in total. The summed E-state index contributed by atoms with van der Waals surface area (Å²) in [6, 6.07) is 26.3. The van der Waals surface area contributed by atoms with E-state index in [0.29, 0.717) is 0 Å². The quantitative estimate of drug-likeness (QED) is 0.194. The highest BCUT2D eigenvalue weighted by atomic mass is 32.2. The van der Waals surface area contributed by atoms with Crippen LogP contribution in [0.5, 0.6) is 0 Å². The number of rotatable bonds is 2. The van der Waals surface area contributed by atoms with Gasteiger partial charge in [-0.3, -0.25) is 9.97 Å². The summed E-state index contributed by atoms with van der Waals surface area (Å²) in [6.07, 6.45) is 8.09. The van der Waals surface area contributed by atoms with E-state index in [1.165, 1.54) is 43.9 Å². The summed E-state index contributed by atoms with van der Waals surface area (Å²) in [5.74, 6) is 1.93. The minimum Gasteiger partial charge on any atom is -0.455 e. The Morgan fingerprint density at radius 3 is 1.40 bits per heavy atom. The number of pyridine rings is 2. The molecule has 0 N–H and O–H groups in total. The monoisotopic (exact) mass is 682 g/mol. The van der Waals surface area contributed by atoms with Crippen LogP contribution >= 0.6 is 23.5 Å². The maximum atomic E-state index is 6.47. The Morgan fingerprint density at radius 1 is 0.520 bits per heavy atom. The standard InChI is InChI=1S/C40H28B2N4O2S2/c1-21-23(3)47-39-35(21)41-27-15-28-30(16-29(27)45(25-11-7-5-8-12-25)31-17-43-19-33(49-39)37(31)41)46(26-13-9-6-10-14-26)32-18-44-20-34-38(32)42(28)36-22(2)24(4)48-40(36)50-34/h5-20H,1-4H3. The Morgan fingerprint density at radius 2 is 0.960 bits per heavy atom. The van der Waals surface area contributed by atoms with Crippen molar-refractivity contribution < 1.29 is 8.83 Å². The fourth-order valence-electron chi connectivity index (χ4n) is 8.57. The zero-order valence-electron chi connectivity index (χ0n) is 27.8. The van der Waals surface area contributed by atoms with Gasteiger partial charge in [0, 0.05) is 44.9 Å². The van der Waals surface area contributed by atoms with Crippen molar-refractivity contribution in [3.63, 3.8) is 0 Å². The van der Waals surface area contributed by atoms with Gasteiger partial charge in [-0.1, -0.05) is 66.0 Å². The molecule has 7 aromatic rings. The van der Waals surface area contributed by atoms with Gasteiger partial charge in [-0.15, -0.1) is 0 Å². The van der Waals surface area contributed by atoms with Crippen LogP contribution in [0.2, 0.25) is 0 Å². The molecule has 0 bridgehead atoms. The van der Waals surface area contributed by atoms with Gasteiger partial charge in [-0.2, -0.15) is 0 Å². The number of aromatic nitrogens is 2. The summed E-state index contributed by atoms with van der Waals surface area (Å²) >= 11 is 3.40. The molecule has 50 heavy (non-hydrogen) atoms. The first-order chi connectivity index (χ1) is 24.5. The van der Waals surface area contributed by atoms with Gasteiger partial charge in [0.05, 0.1) is 23.8 Å². The van der Waals surface area contributed by atoms with Crippen LogP contribution in [0.4, 0.5) is 34.1 Å². The smallest absolute Gasteiger partial charge is 0.254 e. The zero-order valence-corrected chi connectivity index (χ0v) is 29.4. The lowest BCUT2D eigenvalue weighted by atomic mass is 9.31. The van der Waals surface area contributed by atoms with Crippen LogP contribution in [0, 0.1) is 27.7 Å². The lowest BCUT2D eigenvalue weighted by Crippen LogP contribution is -2.64. The normalized spacial score (nSPS) is 14.5. The number of hydrogen-bond acceptors (Lipinski definition) is 8. The highest BCUT2D eigenvalue weighted by Crippen LogP contribution is 2.46. The molecule has 4 aliphatic rings.